The van der Waals surface area contributed by atoms with Crippen LogP contribution < -0.4 is 11.1 Å². The van der Waals surface area contributed by atoms with Crippen molar-refractivity contribution in [3.63, 3.8) is 0 Å². The maximum Gasteiger partial charge on any atom is 0.304 e. The molecule has 0 radical (unpaired) electrons. The van der Waals surface area contributed by atoms with Gasteiger partial charge in [-0.2, -0.15) is 0 Å². The molecule has 0 fully saturated rings. The van der Waals surface area contributed by atoms with Gasteiger partial charge in [-0.05, 0) is 23.6 Å². The second-order valence-corrected chi connectivity index (χ2v) is 4.28. The molecule has 1 aromatic carbocycles. The maximum atomic E-state index is 11.2. The summed E-state index contributed by atoms with van der Waals surface area (Å²) < 4.78 is 0. The van der Waals surface area contributed by atoms with Crippen molar-refractivity contribution >= 4 is 17.6 Å². The second kappa shape index (κ2) is 4.55. The van der Waals surface area contributed by atoms with Gasteiger partial charge in [-0.25, -0.2) is 0 Å². The molecule has 1 aliphatic rings. The molecule has 1 heterocycles. The lowest BCUT2D eigenvalue weighted by molar-refractivity contribution is -0.137. The minimum absolute atomic E-state index is 0.00742. The van der Waals surface area contributed by atoms with Gasteiger partial charge in [0.15, 0.2) is 0 Å². The minimum atomic E-state index is -0.893. The Morgan fingerprint density at radius 2 is 2.29 bits per heavy atom. The summed E-state index contributed by atoms with van der Waals surface area (Å²) in [5.74, 6) is -0.900. The van der Waals surface area contributed by atoms with Crippen molar-refractivity contribution in [1.82, 2.24) is 0 Å². The van der Waals surface area contributed by atoms with Crippen LogP contribution in [0.25, 0.3) is 0 Å². The van der Waals surface area contributed by atoms with E-state index in [4.69, 9.17) is 10.8 Å². The molecule has 5 nitrogen and oxygen atoms in total. The van der Waals surface area contributed by atoms with Crippen molar-refractivity contribution in [3.05, 3.63) is 29.3 Å². The first kappa shape index (κ1) is 11.6. The van der Waals surface area contributed by atoms with E-state index in [2.05, 4.69) is 5.32 Å². The number of anilines is 1. The van der Waals surface area contributed by atoms with Crippen LogP contribution in [0.4, 0.5) is 5.69 Å². The quantitative estimate of drug-likeness (QED) is 0.708. The lowest BCUT2D eigenvalue weighted by Gasteiger charge is -2.09. The number of nitrogens with two attached hydrogens (primary N) is 1. The number of amides is 1. The van der Waals surface area contributed by atoms with Crippen molar-refractivity contribution in [2.45, 2.75) is 25.3 Å². The van der Waals surface area contributed by atoms with E-state index in [9.17, 15) is 9.59 Å². The number of carbonyl (C=O) groups is 2. The van der Waals surface area contributed by atoms with Crippen molar-refractivity contribution < 1.29 is 14.7 Å². The van der Waals surface area contributed by atoms with Gasteiger partial charge in [0.25, 0.3) is 0 Å². The van der Waals surface area contributed by atoms with E-state index in [-0.39, 0.29) is 12.3 Å². The van der Waals surface area contributed by atoms with Crippen LogP contribution in [0.15, 0.2) is 18.2 Å². The van der Waals surface area contributed by atoms with Crippen LogP contribution in [-0.4, -0.2) is 23.0 Å². The van der Waals surface area contributed by atoms with E-state index >= 15 is 0 Å². The Morgan fingerprint density at radius 1 is 1.53 bits per heavy atom. The largest absolute Gasteiger partial charge is 0.481 e. The van der Waals surface area contributed by atoms with Gasteiger partial charge in [-0.3, -0.25) is 9.59 Å². The van der Waals surface area contributed by atoms with Crippen LogP contribution in [-0.2, 0) is 22.4 Å². The van der Waals surface area contributed by atoms with E-state index in [1.165, 1.54) is 0 Å². The summed E-state index contributed by atoms with van der Waals surface area (Å²) in [5.41, 5.74) is 8.47. The van der Waals surface area contributed by atoms with Crippen LogP contribution in [0.3, 0.4) is 0 Å². The molecule has 5 heteroatoms. The van der Waals surface area contributed by atoms with Crippen molar-refractivity contribution in [1.29, 1.82) is 0 Å². The third-order valence-electron chi connectivity index (χ3n) is 2.73. The van der Waals surface area contributed by atoms with Crippen LogP contribution in [0.2, 0.25) is 0 Å². The first-order chi connectivity index (χ1) is 8.04. The third kappa shape index (κ3) is 2.82. The molecule has 1 aromatic rings. The van der Waals surface area contributed by atoms with Gasteiger partial charge in [-0.1, -0.05) is 12.1 Å². The number of benzene rings is 1. The molecule has 17 heavy (non-hydrogen) atoms. The topological polar surface area (TPSA) is 92.4 Å². The lowest BCUT2D eigenvalue weighted by Crippen LogP contribution is -2.26. The lowest BCUT2D eigenvalue weighted by atomic mass is 10.0. The highest BCUT2D eigenvalue weighted by Gasteiger charge is 2.18. The number of aliphatic carboxylic acids is 1. The SMILES string of the molecule is NC(CC(=O)O)Cc1ccc2c(c1)CC(=O)N2. The number of hydrogen-bond acceptors (Lipinski definition) is 3. The molecule has 0 aliphatic carbocycles. The van der Waals surface area contributed by atoms with E-state index in [1.54, 1.807) is 0 Å². The molecule has 1 unspecified atom stereocenters. The summed E-state index contributed by atoms with van der Waals surface area (Å²) in [6, 6.07) is 5.22. The molecule has 0 saturated heterocycles. The average Bonchev–Trinajstić information content (AvgIpc) is 2.55. The zero-order valence-electron chi connectivity index (χ0n) is 9.27. The molecule has 4 N–H and O–H groups in total. The summed E-state index contributed by atoms with van der Waals surface area (Å²) in [6.45, 7) is 0. The number of nitrogens with one attached hydrogen (secondary N) is 1. The van der Waals surface area contributed by atoms with E-state index < -0.39 is 12.0 Å². The normalized spacial score (nSPS) is 15.2. The number of carbonyl (C=O) groups excluding carboxylic acids is 1. The fraction of sp³-hybridized carbons (Fsp3) is 0.333. The zero-order valence-corrected chi connectivity index (χ0v) is 9.27. The molecular weight excluding hydrogens is 220 g/mol. The minimum Gasteiger partial charge on any atom is -0.481 e. The summed E-state index contributed by atoms with van der Waals surface area (Å²) in [4.78, 5) is 21.7. The zero-order chi connectivity index (χ0) is 12.4. The molecule has 2 rings (SSSR count). The summed E-state index contributed by atoms with van der Waals surface area (Å²) >= 11 is 0. The van der Waals surface area contributed by atoms with Gasteiger partial charge >= 0.3 is 5.97 Å². The molecule has 0 bridgehead atoms. The van der Waals surface area contributed by atoms with E-state index in [0.717, 1.165) is 16.8 Å². The van der Waals surface area contributed by atoms with Gasteiger partial charge in [0.2, 0.25) is 5.91 Å². The number of fused-ring (bicyclic) bond motifs is 1. The number of hydrogen-bond donors (Lipinski definition) is 3. The van der Waals surface area contributed by atoms with Crippen LogP contribution in [0, 0.1) is 0 Å². The molecule has 90 valence electrons. The number of rotatable bonds is 4. The molecule has 1 amide bonds. The predicted molar refractivity (Wildman–Crippen MR) is 62.7 cm³/mol. The van der Waals surface area contributed by atoms with Crippen molar-refractivity contribution in [3.8, 4) is 0 Å². The van der Waals surface area contributed by atoms with Crippen LogP contribution in [0.1, 0.15) is 17.5 Å². The van der Waals surface area contributed by atoms with Crippen molar-refractivity contribution in [2.24, 2.45) is 5.73 Å². The maximum absolute atomic E-state index is 11.2. The summed E-state index contributed by atoms with van der Waals surface area (Å²) in [7, 11) is 0. The fourth-order valence-corrected chi connectivity index (χ4v) is 2.01. The highest BCUT2D eigenvalue weighted by Crippen LogP contribution is 2.24. The van der Waals surface area contributed by atoms with Gasteiger partial charge in [0.05, 0.1) is 12.8 Å². The third-order valence-corrected chi connectivity index (χ3v) is 2.73. The van der Waals surface area contributed by atoms with Gasteiger partial charge in [-0.15, -0.1) is 0 Å². The summed E-state index contributed by atoms with van der Waals surface area (Å²) in [6.07, 6.45) is 0.847. The Labute approximate surface area is 98.6 Å². The summed E-state index contributed by atoms with van der Waals surface area (Å²) in [5, 5.41) is 11.4. The Morgan fingerprint density at radius 3 is 3.00 bits per heavy atom. The van der Waals surface area contributed by atoms with Gasteiger partial charge in [0.1, 0.15) is 0 Å². The predicted octanol–water partition coefficient (Wildman–Crippen LogP) is 0.526. The fourth-order valence-electron chi connectivity index (χ4n) is 2.01. The second-order valence-electron chi connectivity index (χ2n) is 4.28. The first-order valence-electron chi connectivity index (χ1n) is 5.43. The van der Waals surface area contributed by atoms with Crippen LogP contribution in [0.5, 0.6) is 0 Å². The first-order valence-corrected chi connectivity index (χ1v) is 5.43. The number of carboxylic acid groups (broad SMARTS) is 1. The smallest absolute Gasteiger partial charge is 0.304 e. The standard InChI is InChI=1S/C12H14N2O3/c13-9(6-12(16)17)4-7-1-2-10-8(3-7)5-11(15)14-10/h1-3,9H,4-6,13H2,(H,14,15)(H,16,17). The Kier molecular flexibility index (Phi) is 3.10. The molecule has 0 spiro atoms. The molecule has 1 atom stereocenters. The molecule has 0 aromatic heterocycles. The van der Waals surface area contributed by atoms with Crippen LogP contribution >= 0.6 is 0 Å². The highest BCUT2D eigenvalue weighted by atomic mass is 16.4. The highest BCUT2D eigenvalue weighted by molar-refractivity contribution is 5.99. The Hall–Kier alpha value is -1.88. The van der Waals surface area contributed by atoms with Gasteiger partial charge in [0, 0.05) is 11.7 Å². The monoisotopic (exact) mass is 234 g/mol. The Bertz CT molecular complexity index is 471. The molecular formula is C12H14N2O3. The molecule has 1 aliphatic heterocycles. The van der Waals surface area contributed by atoms with Gasteiger partial charge < -0.3 is 16.2 Å². The van der Waals surface area contributed by atoms with E-state index in [0.29, 0.717) is 12.8 Å². The molecule has 0 saturated carbocycles. The number of carboxylic acids is 1. The van der Waals surface area contributed by atoms with E-state index in [1.807, 2.05) is 18.2 Å². The average molecular weight is 234 g/mol. The Balaban J connectivity index is 2.06. The van der Waals surface area contributed by atoms with Crippen molar-refractivity contribution in [2.75, 3.05) is 5.32 Å².